The van der Waals surface area contributed by atoms with Crippen LogP contribution >= 0.6 is 35.2 Å². The summed E-state index contributed by atoms with van der Waals surface area (Å²) in [7, 11) is 0. The molecule has 0 aliphatic carbocycles. The van der Waals surface area contributed by atoms with E-state index in [-0.39, 0.29) is 6.04 Å². The lowest BCUT2D eigenvalue weighted by Crippen LogP contribution is -2.05. The minimum atomic E-state index is 0.126. The smallest absolute Gasteiger partial charge is 0.178 e. The van der Waals surface area contributed by atoms with Crippen molar-refractivity contribution in [3.63, 3.8) is 0 Å². The van der Waals surface area contributed by atoms with Crippen LogP contribution in [-0.4, -0.2) is 16.2 Å². The number of para-hydroxylation sites is 1. The molecule has 6 heteroatoms. The van der Waals surface area contributed by atoms with E-state index >= 15 is 0 Å². The van der Waals surface area contributed by atoms with Gasteiger partial charge in [-0.1, -0.05) is 17.7 Å². The van der Waals surface area contributed by atoms with Crippen LogP contribution in [0.25, 0.3) is 11.0 Å². The van der Waals surface area contributed by atoms with Gasteiger partial charge in [-0.25, -0.2) is 0 Å². The van der Waals surface area contributed by atoms with Crippen LogP contribution in [0.4, 0.5) is 0 Å². The molecule has 2 aromatic heterocycles. The SMILES string of the molecule is CCOc1cccc2c1[nH]c(=S)n2C(C)c1ccc(Cl)s1. The predicted octanol–water partition coefficient (Wildman–Crippen LogP) is 5.42. The quantitative estimate of drug-likeness (QED) is 0.643. The van der Waals surface area contributed by atoms with Gasteiger partial charge in [0.15, 0.2) is 4.77 Å². The number of aromatic nitrogens is 2. The van der Waals surface area contributed by atoms with Crippen LogP contribution in [0.1, 0.15) is 24.8 Å². The summed E-state index contributed by atoms with van der Waals surface area (Å²) in [5.41, 5.74) is 1.99. The van der Waals surface area contributed by atoms with Crippen LogP contribution in [0.15, 0.2) is 30.3 Å². The van der Waals surface area contributed by atoms with Gasteiger partial charge < -0.3 is 14.3 Å². The van der Waals surface area contributed by atoms with Crippen LogP contribution in [0.2, 0.25) is 4.34 Å². The third-order valence-corrected chi connectivity index (χ3v) is 5.11. The van der Waals surface area contributed by atoms with E-state index in [0.717, 1.165) is 21.1 Å². The second-order valence-corrected chi connectivity index (χ2v) is 6.83. The van der Waals surface area contributed by atoms with Crippen molar-refractivity contribution in [2.75, 3.05) is 6.61 Å². The number of H-pyrrole nitrogens is 1. The number of hydrogen-bond acceptors (Lipinski definition) is 3. The minimum absolute atomic E-state index is 0.126. The molecule has 1 aromatic carbocycles. The van der Waals surface area contributed by atoms with Crippen molar-refractivity contribution in [1.82, 2.24) is 9.55 Å². The second-order valence-electron chi connectivity index (χ2n) is 4.70. The number of benzene rings is 1. The molecule has 3 nitrogen and oxygen atoms in total. The van der Waals surface area contributed by atoms with E-state index in [4.69, 9.17) is 28.6 Å². The van der Waals surface area contributed by atoms with Gasteiger partial charge in [0.1, 0.15) is 11.3 Å². The Kier molecular flexibility index (Phi) is 4.06. The lowest BCUT2D eigenvalue weighted by Gasteiger charge is -2.13. The zero-order valence-corrected chi connectivity index (χ0v) is 14.1. The second kappa shape index (κ2) is 5.83. The van der Waals surface area contributed by atoms with Gasteiger partial charge in [-0.05, 0) is 50.3 Å². The van der Waals surface area contributed by atoms with Gasteiger partial charge in [0.2, 0.25) is 0 Å². The van der Waals surface area contributed by atoms with Gasteiger partial charge in [-0.15, -0.1) is 11.3 Å². The molecule has 1 unspecified atom stereocenters. The molecule has 3 rings (SSSR count). The van der Waals surface area contributed by atoms with Gasteiger partial charge in [0.25, 0.3) is 0 Å². The number of nitrogens with one attached hydrogen (secondary N) is 1. The minimum Gasteiger partial charge on any atom is -0.492 e. The Morgan fingerprint density at radius 3 is 2.86 bits per heavy atom. The predicted molar refractivity (Wildman–Crippen MR) is 91.4 cm³/mol. The Morgan fingerprint density at radius 1 is 1.38 bits per heavy atom. The van der Waals surface area contributed by atoms with E-state index in [2.05, 4.69) is 22.5 Å². The molecule has 1 N–H and O–H groups in total. The van der Waals surface area contributed by atoms with Gasteiger partial charge in [0.05, 0.1) is 22.5 Å². The molecule has 1 atom stereocenters. The number of fused-ring (bicyclic) bond motifs is 1. The van der Waals surface area contributed by atoms with E-state index in [1.807, 2.05) is 31.2 Å². The summed E-state index contributed by atoms with van der Waals surface area (Å²) in [4.78, 5) is 4.44. The van der Waals surface area contributed by atoms with E-state index in [1.165, 1.54) is 4.88 Å². The fourth-order valence-electron chi connectivity index (χ4n) is 2.46. The topological polar surface area (TPSA) is 29.9 Å². The molecule has 110 valence electrons. The first kappa shape index (κ1) is 14.6. The number of aromatic amines is 1. The molecule has 3 aromatic rings. The van der Waals surface area contributed by atoms with Gasteiger partial charge in [-0.3, -0.25) is 0 Å². The number of hydrogen-bond donors (Lipinski definition) is 1. The normalized spacial score (nSPS) is 12.7. The molecule has 0 fully saturated rings. The first-order valence-corrected chi connectivity index (χ1v) is 8.33. The molecule has 0 aliphatic rings. The molecule has 0 bridgehead atoms. The highest BCUT2D eigenvalue weighted by molar-refractivity contribution is 7.71. The fourth-order valence-corrected chi connectivity index (χ4v) is 3.92. The molecule has 0 spiro atoms. The van der Waals surface area contributed by atoms with Crippen LogP contribution in [0, 0.1) is 4.77 Å². The zero-order valence-electron chi connectivity index (χ0n) is 11.7. The molecule has 0 radical (unpaired) electrons. The molecule has 21 heavy (non-hydrogen) atoms. The summed E-state index contributed by atoms with van der Waals surface area (Å²) in [6.45, 7) is 4.72. The van der Waals surface area contributed by atoms with Crippen molar-refractivity contribution >= 4 is 46.2 Å². The van der Waals surface area contributed by atoms with Gasteiger partial charge >= 0.3 is 0 Å². The maximum Gasteiger partial charge on any atom is 0.178 e. The van der Waals surface area contributed by atoms with E-state index in [1.54, 1.807) is 11.3 Å². The van der Waals surface area contributed by atoms with Gasteiger partial charge in [0, 0.05) is 4.88 Å². The Bertz CT molecular complexity index is 834. The largest absolute Gasteiger partial charge is 0.492 e. The molecule has 0 amide bonds. The third-order valence-electron chi connectivity index (χ3n) is 3.41. The highest BCUT2D eigenvalue weighted by atomic mass is 35.5. The first-order valence-electron chi connectivity index (χ1n) is 6.73. The fraction of sp³-hybridized carbons (Fsp3) is 0.267. The van der Waals surface area contributed by atoms with Crippen LogP contribution in [0.5, 0.6) is 5.75 Å². The molecule has 2 heterocycles. The Labute approximate surface area is 137 Å². The lowest BCUT2D eigenvalue weighted by atomic mass is 10.2. The molecule has 0 saturated heterocycles. The highest BCUT2D eigenvalue weighted by Crippen LogP contribution is 2.33. The van der Waals surface area contributed by atoms with E-state index < -0.39 is 0 Å². The maximum absolute atomic E-state index is 6.05. The highest BCUT2D eigenvalue weighted by Gasteiger charge is 2.16. The van der Waals surface area contributed by atoms with Gasteiger partial charge in [-0.2, -0.15) is 0 Å². The summed E-state index contributed by atoms with van der Waals surface area (Å²) in [5, 5.41) is 0. The van der Waals surface area contributed by atoms with Crippen molar-refractivity contribution in [3.8, 4) is 5.75 Å². The molecule has 0 aliphatic heterocycles. The number of ether oxygens (including phenoxy) is 1. The lowest BCUT2D eigenvalue weighted by molar-refractivity contribution is 0.343. The van der Waals surface area contributed by atoms with Crippen molar-refractivity contribution in [3.05, 3.63) is 44.3 Å². The summed E-state index contributed by atoms with van der Waals surface area (Å²) < 4.78 is 9.25. The monoisotopic (exact) mass is 338 g/mol. The molecular weight excluding hydrogens is 324 g/mol. The Balaban J connectivity index is 2.16. The van der Waals surface area contributed by atoms with E-state index in [0.29, 0.717) is 11.4 Å². The molecule has 0 saturated carbocycles. The number of halogens is 1. The number of rotatable bonds is 4. The van der Waals surface area contributed by atoms with Crippen LogP contribution in [0.3, 0.4) is 0 Å². The Morgan fingerprint density at radius 2 is 2.19 bits per heavy atom. The summed E-state index contributed by atoms with van der Waals surface area (Å²) in [5.74, 6) is 0.830. The number of thiophene rings is 1. The van der Waals surface area contributed by atoms with Crippen molar-refractivity contribution in [2.45, 2.75) is 19.9 Å². The van der Waals surface area contributed by atoms with Crippen LogP contribution in [-0.2, 0) is 0 Å². The van der Waals surface area contributed by atoms with Crippen molar-refractivity contribution < 1.29 is 4.74 Å². The van der Waals surface area contributed by atoms with Crippen LogP contribution < -0.4 is 4.74 Å². The number of imidazole rings is 1. The standard InChI is InChI=1S/C15H15ClN2OS2/c1-3-19-11-6-4-5-10-14(11)17-15(20)18(10)9(2)12-7-8-13(16)21-12/h4-9H,3H2,1-2H3,(H,17,20). The Hall–Kier alpha value is -1.30. The van der Waals surface area contributed by atoms with E-state index in [9.17, 15) is 0 Å². The third kappa shape index (κ3) is 2.61. The summed E-state index contributed by atoms with van der Waals surface area (Å²) >= 11 is 13.1. The maximum atomic E-state index is 6.05. The van der Waals surface area contributed by atoms with Crippen molar-refractivity contribution in [2.24, 2.45) is 0 Å². The van der Waals surface area contributed by atoms with Crippen molar-refractivity contribution in [1.29, 1.82) is 0 Å². The number of nitrogens with zero attached hydrogens (tertiary/aromatic N) is 1. The molecular formula is C15H15ClN2OS2. The summed E-state index contributed by atoms with van der Waals surface area (Å²) in [6.07, 6.45) is 0. The first-order chi connectivity index (χ1) is 10.1. The summed E-state index contributed by atoms with van der Waals surface area (Å²) in [6, 6.07) is 10.1. The average molecular weight is 339 g/mol. The zero-order chi connectivity index (χ0) is 15.0. The average Bonchev–Trinajstić information content (AvgIpc) is 3.02.